The first-order chi connectivity index (χ1) is 8.65. The Hall–Kier alpha value is -1.26. The fourth-order valence-corrected chi connectivity index (χ4v) is 1.71. The lowest BCUT2D eigenvalue weighted by Gasteiger charge is -2.17. The third-order valence-electron chi connectivity index (χ3n) is 2.63. The molecule has 0 heterocycles. The lowest BCUT2D eigenvalue weighted by atomic mass is 10.1. The molecule has 1 aromatic rings. The largest absolute Gasteiger partial charge is 0.334 e. The Bertz CT molecular complexity index is 367. The first-order valence-electron chi connectivity index (χ1n) is 6.19. The fraction of sp³-hybridized carbons (Fsp3) is 0.462. The number of benzene rings is 1. The molecule has 0 aromatic heterocycles. The molecule has 0 bridgehead atoms. The minimum Gasteiger partial charge on any atom is -0.334 e. The summed E-state index contributed by atoms with van der Waals surface area (Å²) < 4.78 is 0. The molecule has 4 nitrogen and oxygen atoms in total. The second-order valence-corrected chi connectivity index (χ2v) is 4.62. The average molecular weight is 270 g/mol. The summed E-state index contributed by atoms with van der Waals surface area (Å²) in [6, 6.07) is 6.77. The van der Waals surface area contributed by atoms with Crippen molar-refractivity contribution >= 4 is 23.3 Å². The molecule has 1 atom stereocenters. The average Bonchev–Trinajstić information content (AvgIpc) is 2.37. The van der Waals surface area contributed by atoms with E-state index < -0.39 is 0 Å². The van der Waals surface area contributed by atoms with E-state index in [0.717, 1.165) is 19.3 Å². The number of anilines is 1. The van der Waals surface area contributed by atoms with E-state index in [0.29, 0.717) is 17.3 Å². The Morgan fingerprint density at radius 2 is 2.06 bits per heavy atom. The number of carbonyl (C=O) groups excluding carboxylic acids is 1. The van der Waals surface area contributed by atoms with Crippen LogP contribution in [0.2, 0.25) is 5.02 Å². The molecule has 1 unspecified atom stereocenters. The number of hydrogen-bond acceptors (Lipinski definition) is 2. The molecule has 0 saturated carbocycles. The van der Waals surface area contributed by atoms with Crippen LogP contribution in [0.4, 0.5) is 10.5 Å². The maximum atomic E-state index is 11.7. The Morgan fingerprint density at radius 1 is 1.39 bits per heavy atom. The summed E-state index contributed by atoms with van der Waals surface area (Å²) in [6.45, 7) is 2.56. The summed E-state index contributed by atoms with van der Waals surface area (Å²) in [4.78, 5) is 11.7. The smallest absolute Gasteiger partial charge is 0.319 e. The van der Waals surface area contributed by atoms with Crippen molar-refractivity contribution in [3.8, 4) is 0 Å². The van der Waals surface area contributed by atoms with Crippen LogP contribution in [-0.4, -0.2) is 18.6 Å². The highest BCUT2D eigenvalue weighted by Gasteiger charge is 2.09. The first-order valence-corrected chi connectivity index (χ1v) is 6.56. The van der Waals surface area contributed by atoms with Gasteiger partial charge in [0, 0.05) is 23.3 Å². The summed E-state index contributed by atoms with van der Waals surface area (Å²) in [7, 11) is 0. The van der Waals surface area contributed by atoms with E-state index in [1.165, 1.54) is 0 Å². The standard InChI is InChI=1S/C13H20ClN3O/c1-2-3-4-12(9-15)17-13(18)16-11-7-5-10(14)6-8-11/h5-8,12H,2-4,9,15H2,1H3,(H2,16,17,18). The number of nitrogens with two attached hydrogens (primary N) is 1. The monoisotopic (exact) mass is 269 g/mol. The minimum atomic E-state index is -0.233. The molecule has 1 rings (SSSR count). The van der Waals surface area contributed by atoms with Gasteiger partial charge in [0.2, 0.25) is 0 Å². The van der Waals surface area contributed by atoms with Gasteiger partial charge in [0.1, 0.15) is 0 Å². The van der Waals surface area contributed by atoms with Crippen molar-refractivity contribution in [3.05, 3.63) is 29.3 Å². The predicted octanol–water partition coefficient (Wildman–Crippen LogP) is 2.98. The zero-order valence-corrected chi connectivity index (χ0v) is 11.3. The molecule has 1 aromatic carbocycles. The second-order valence-electron chi connectivity index (χ2n) is 4.18. The van der Waals surface area contributed by atoms with Crippen LogP contribution in [0, 0.1) is 0 Å². The summed E-state index contributed by atoms with van der Waals surface area (Å²) in [6.07, 6.45) is 3.06. The van der Waals surface area contributed by atoms with Gasteiger partial charge in [-0.2, -0.15) is 0 Å². The third-order valence-corrected chi connectivity index (χ3v) is 2.88. The molecule has 0 saturated heterocycles. The minimum absolute atomic E-state index is 0.0252. The molecular formula is C13H20ClN3O. The topological polar surface area (TPSA) is 67.1 Å². The Labute approximate surface area is 113 Å². The van der Waals surface area contributed by atoms with Crippen LogP contribution in [0.3, 0.4) is 0 Å². The highest BCUT2D eigenvalue weighted by Crippen LogP contribution is 2.13. The van der Waals surface area contributed by atoms with Crippen molar-refractivity contribution in [1.82, 2.24) is 5.32 Å². The van der Waals surface area contributed by atoms with E-state index in [9.17, 15) is 4.79 Å². The van der Waals surface area contributed by atoms with Crippen molar-refractivity contribution in [3.63, 3.8) is 0 Å². The van der Waals surface area contributed by atoms with Gasteiger partial charge in [-0.05, 0) is 30.7 Å². The number of halogens is 1. The molecule has 0 radical (unpaired) electrons. The second kappa shape index (κ2) is 7.95. The van der Waals surface area contributed by atoms with Gasteiger partial charge in [0.15, 0.2) is 0 Å². The van der Waals surface area contributed by atoms with Crippen LogP contribution in [0.25, 0.3) is 0 Å². The number of hydrogen-bond donors (Lipinski definition) is 3. The molecule has 0 spiro atoms. The molecule has 0 fully saturated rings. The molecule has 100 valence electrons. The molecule has 18 heavy (non-hydrogen) atoms. The van der Waals surface area contributed by atoms with Gasteiger partial charge in [0.05, 0.1) is 0 Å². The van der Waals surface area contributed by atoms with Crippen LogP contribution >= 0.6 is 11.6 Å². The summed E-state index contributed by atoms with van der Waals surface area (Å²) >= 11 is 5.77. The SMILES string of the molecule is CCCCC(CN)NC(=O)Nc1ccc(Cl)cc1. The molecule has 0 aliphatic carbocycles. The van der Waals surface area contributed by atoms with E-state index in [1.807, 2.05) is 0 Å². The number of carbonyl (C=O) groups is 1. The number of urea groups is 1. The summed E-state index contributed by atoms with van der Waals surface area (Å²) in [5, 5.41) is 6.25. The molecule has 4 N–H and O–H groups in total. The number of nitrogens with one attached hydrogen (secondary N) is 2. The lowest BCUT2D eigenvalue weighted by molar-refractivity contribution is 0.247. The summed E-state index contributed by atoms with van der Waals surface area (Å²) in [5.41, 5.74) is 6.33. The zero-order chi connectivity index (χ0) is 13.4. The summed E-state index contributed by atoms with van der Waals surface area (Å²) in [5.74, 6) is 0. The van der Waals surface area contributed by atoms with E-state index in [4.69, 9.17) is 17.3 Å². The number of rotatable bonds is 6. The van der Waals surface area contributed by atoms with E-state index >= 15 is 0 Å². The van der Waals surface area contributed by atoms with Gasteiger partial charge in [-0.15, -0.1) is 0 Å². The van der Waals surface area contributed by atoms with E-state index in [2.05, 4.69) is 17.6 Å². The van der Waals surface area contributed by atoms with Gasteiger partial charge in [-0.1, -0.05) is 31.4 Å². The van der Waals surface area contributed by atoms with Crippen molar-refractivity contribution in [1.29, 1.82) is 0 Å². The van der Waals surface area contributed by atoms with Gasteiger partial charge < -0.3 is 16.4 Å². The van der Waals surface area contributed by atoms with E-state index in [-0.39, 0.29) is 12.1 Å². The maximum Gasteiger partial charge on any atom is 0.319 e. The van der Waals surface area contributed by atoms with Crippen LogP contribution in [-0.2, 0) is 0 Å². The predicted molar refractivity (Wildman–Crippen MR) is 76.0 cm³/mol. The van der Waals surface area contributed by atoms with Crippen LogP contribution in [0.15, 0.2) is 24.3 Å². The number of amides is 2. The zero-order valence-electron chi connectivity index (χ0n) is 10.6. The Kier molecular flexibility index (Phi) is 6.54. The molecule has 5 heteroatoms. The van der Waals surface area contributed by atoms with Crippen LogP contribution in [0.5, 0.6) is 0 Å². The van der Waals surface area contributed by atoms with E-state index in [1.54, 1.807) is 24.3 Å². The first kappa shape index (κ1) is 14.8. The van der Waals surface area contributed by atoms with Crippen LogP contribution in [0.1, 0.15) is 26.2 Å². The van der Waals surface area contributed by atoms with Crippen molar-refractivity contribution in [2.45, 2.75) is 32.2 Å². The molecule has 0 aliphatic rings. The quantitative estimate of drug-likeness (QED) is 0.743. The van der Waals surface area contributed by atoms with Crippen molar-refractivity contribution in [2.75, 3.05) is 11.9 Å². The lowest BCUT2D eigenvalue weighted by Crippen LogP contribution is -2.42. The maximum absolute atomic E-state index is 11.7. The van der Waals surface area contributed by atoms with Gasteiger partial charge in [-0.3, -0.25) is 0 Å². The third kappa shape index (κ3) is 5.38. The van der Waals surface area contributed by atoms with Gasteiger partial charge in [0.25, 0.3) is 0 Å². The Balaban J connectivity index is 2.42. The molecule has 2 amide bonds. The number of unbranched alkanes of at least 4 members (excludes halogenated alkanes) is 1. The highest BCUT2D eigenvalue weighted by atomic mass is 35.5. The normalized spacial score (nSPS) is 11.9. The Morgan fingerprint density at radius 3 is 2.61 bits per heavy atom. The van der Waals surface area contributed by atoms with Gasteiger partial charge in [-0.25, -0.2) is 4.79 Å². The van der Waals surface area contributed by atoms with Gasteiger partial charge >= 0.3 is 6.03 Å². The van der Waals surface area contributed by atoms with Crippen molar-refractivity contribution in [2.24, 2.45) is 5.73 Å². The molecule has 0 aliphatic heterocycles. The molecular weight excluding hydrogens is 250 g/mol. The highest BCUT2D eigenvalue weighted by molar-refractivity contribution is 6.30. The van der Waals surface area contributed by atoms with Crippen LogP contribution < -0.4 is 16.4 Å². The fourth-order valence-electron chi connectivity index (χ4n) is 1.59. The van der Waals surface area contributed by atoms with Crippen molar-refractivity contribution < 1.29 is 4.79 Å².